The van der Waals surface area contributed by atoms with E-state index in [-0.39, 0.29) is 5.78 Å². The van der Waals surface area contributed by atoms with Crippen LogP contribution < -0.4 is 4.74 Å². The molecule has 1 fully saturated rings. The Morgan fingerprint density at radius 2 is 1.90 bits per heavy atom. The van der Waals surface area contributed by atoms with Gasteiger partial charge < -0.3 is 14.6 Å². The summed E-state index contributed by atoms with van der Waals surface area (Å²) in [5, 5.41) is 9.85. The minimum atomic E-state index is -1.15. The van der Waals surface area contributed by atoms with Crippen molar-refractivity contribution in [2.24, 2.45) is 0 Å². The number of hydrogen-bond donors (Lipinski definition) is 1. The number of likely N-dealkylation sites (tertiary alicyclic amines) is 1. The number of carboxylic acid groups (broad SMARTS) is 1. The molecule has 0 aromatic heterocycles. The zero-order valence-electron chi connectivity index (χ0n) is 16.6. The molecule has 1 amide bonds. The van der Waals surface area contributed by atoms with Gasteiger partial charge in [0.2, 0.25) is 5.78 Å². The highest BCUT2D eigenvalue weighted by Crippen LogP contribution is 2.41. The first-order chi connectivity index (χ1) is 14.9. The third kappa shape index (κ3) is 3.43. The molecular weight excluding hydrogens is 422 g/mol. The quantitative estimate of drug-likeness (QED) is 0.706. The first-order valence-electron chi connectivity index (χ1n) is 10.2. The molecule has 0 saturated carbocycles. The Hall–Kier alpha value is -3.06. The van der Waals surface area contributed by atoms with E-state index < -0.39 is 24.2 Å². The number of Topliss-reactive ketones (excluding diaryl/α,β-unsaturated/α-hetero) is 1. The molecule has 0 spiro atoms. The number of halogens is 1. The molecule has 2 heterocycles. The smallest absolute Gasteiger partial charge is 0.408 e. The normalized spacial score (nSPS) is 21.6. The van der Waals surface area contributed by atoms with Crippen LogP contribution in [0.4, 0.5) is 4.79 Å². The molecule has 0 radical (unpaired) electrons. The van der Waals surface area contributed by atoms with Crippen molar-refractivity contribution in [3.8, 4) is 16.9 Å². The predicted molar refractivity (Wildman–Crippen MR) is 112 cm³/mol. The number of ketones is 1. The van der Waals surface area contributed by atoms with Gasteiger partial charge in [0.25, 0.3) is 0 Å². The predicted octanol–water partition coefficient (Wildman–Crippen LogP) is 4.08. The largest absolute Gasteiger partial charge is 0.488 e. The van der Waals surface area contributed by atoms with Crippen LogP contribution in [0.1, 0.15) is 40.7 Å². The van der Waals surface area contributed by atoms with E-state index in [1.165, 1.54) is 0 Å². The summed E-state index contributed by atoms with van der Waals surface area (Å²) < 4.78 is 11.3. The van der Waals surface area contributed by atoms with Crippen LogP contribution in [0.25, 0.3) is 11.1 Å². The van der Waals surface area contributed by atoms with E-state index >= 15 is 0 Å². The summed E-state index contributed by atoms with van der Waals surface area (Å²) in [7, 11) is 0. The average molecular weight is 442 g/mol. The summed E-state index contributed by atoms with van der Waals surface area (Å²) in [6, 6.07) is 8.49. The lowest BCUT2D eigenvalue weighted by atomic mass is 9.83. The van der Waals surface area contributed by atoms with E-state index in [2.05, 4.69) is 0 Å². The second kappa shape index (κ2) is 7.57. The Kier molecular flexibility index (Phi) is 4.85. The van der Waals surface area contributed by atoms with E-state index in [0.29, 0.717) is 55.2 Å². The minimum Gasteiger partial charge on any atom is -0.488 e. The molecule has 8 heteroatoms. The van der Waals surface area contributed by atoms with Crippen LogP contribution in [0, 0.1) is 0 Å². The van der Waals surface area contributed by atoms with Gasteiger partial charge in [0.1, 0.15) is 18.4 Å². The van der Waals surface area contributed by atoms with E-state index in [4.69, 9.17) is 21.1 Å². The Labute approximate surface area is 183 Å². The Morgan fingerprint density at radius 3 is 2.71 bits per heavy atom. The van der Waals surface area contributed by atoms with Gasteiger partial charge in [-0.15, -0.1) is 0 Å². The average Bonchev–Trinajstić information content (AvgIpc) is 3.25. The molecule has 31 heavy (non-hydrogen) atoms. The summed E-state index contributed by atoms with van der Waals surface area (Å²) in [6.45, 7) is 0.624. The lowest BCUT2D eigenvalue weighted by Crippen LogP contribution is -2.43. The number of benzene rings is 2. The molecule has 1 N–H and O–H groups in total. The molecular formula is C23H20ClNO6. The Bertz CT molecular complexity index is 1110. The number of amides is 1. The molecule has 5 rings (SSSR count). The highest BCUT2D eigenvalue weighted by atomic mass is 35.5. The minimum absolute atomic E-state index is 0.251. The van der Waals surface area contributed by atoms with E-state index in [9.17, 15) is 19.5 Å². The van der Waals surface area contributed by atoms with E-state index in [1.54, 1.807) is 6.07 Å². The van der Waals surface area contributed by atoms with Crippen molar-refractivity contribution in [3.63, 3.8) is 0 Å². The molecule has 0 bridgehead atoms. The maximum atomic E-state index is 13.1. The molecule has 2 aromatic rings. The number of aryl methyl sites for hydroxylation is 1. The maximum Gasteiger partial charge on any atom is 0.408 e. The van der Waals surface area contributed by atoms with Gasteiger partial charge in [0.15, 0.2) is 6.10 Å². The van der Waals surface area contributed by atoms with E-state index in [1.807, 2.05) is 24.3 Å². The van der Waals surface area contributed by atoms with Crippen molar-refractivity contribution in [2.75, 3.05) is 6.54 Å². The molecule has 3 aliphatic rings. The lowest BCUT2D eigenvalue weighted by molar-refractivity contribution is -0.152. The fourth-order valence-electron chi connectivity index (χ4n) is 4.65. The third-order valence-electron chi connectivity index (χ3n) is 6.21. The fraction of sp³-hybridized carbons (Fsp3) is 0.348. The van der Waals surface area contributed by atoms with Crippen molar-refractivity contribution in [3.05, 3.63) is 52.0 Å². The number of nitrogens with zero attached hydrogens (tertiary/aromatic N) is 1. The number of carbonyl (C=O) groups is 3. The number of hydrogen-bond acceptors (Lipinski definition) is 5. The molecule has 2 unspecified atom stereocenters. The summed E-state index contributed by atoms with van der Waals surface area (Å²) in [6.07, 6.45) is -0.0647. The fourth-order valence-corrected chi connectivity index (χ4v) is 4.81. The Balaban J connectivity index is 1.39. The molecule has 1 aliphatic carbocycles. The van der Waals surface area contributed by atoms with Gasteiger partial charge in [0.05, 0.1) is 0 Å². The van der Waals surface area contributed by atoms with Gasteiger partial charge in [-0.1, -0.05) is 11.6 Å². The van der Waals surface area contributed by atoms with Crippen LogP contribution in [0.5, 0.6) is 5.75 Å². The summed E-state index contributed by atoms with van der Waals surface area (Å²) in [4.78, 5) is 38.1. The standard InChI is InChI=1S/C23H20ClNO6/c24-14-4-5-15-16-8-12-3-6-19(31-22(27)18-2-1-7-25(18)23(28)29)21(26)17(12)9-13(16)11-30-20(15)10-14/h4-5,8-10,18-19H,1-3,6-7,11H2,(H,28,29). The molecule has 7 nitrogen and oxygen atoms in total. The van der Waals surface area contributed by atoms with Crippen molar-refractivity contribution < 1.29 is 29.0 Å². The number of ether oxygens (including phenoxy) is 2. The first-order valence-corrected chi connectivity index (χ1v) is 10.6. The zero-order chi connectivity index (χ0) is 21.7. The first kappa shape index (κ1) is 19.9. The van der Waals surface area contributed by atoms with Crippen molar-refractivity contribution in [2.45, 2.75) is 44.4 Å². The third-order valence-corrected chi connectivity index (χ3v) is 6.44. The van der Waals surface area contributed by atoms with Gasteiger partial charge in [-0.25, -0.2) is 9.59 Å². The second-order valence-corrected chi connectivity index (χ2v) is 8.49. The monoisotopic (exact) mass is 441 g/mol. The number of carbonyl (C=O) groups excluding carboxylic acids is 2. The van der Waals surface area contributed by atoms with Gasteiger partial charge >= 0.3 is 12.1 Å². The highest BCUT2D eigenvalue weighted by molar-refractivity contribution is 6.30. The SMILES string of the molecule is O=C1c2cc3c(cc2CCC1OC(=O)C1CCCN1C(=O)O)-c1ccc(Cl)cc1OC3. The number of rotatable bonds is 2. The maximum absolute atomic E-state index is 13.1. The molecule has 2 aromatic carbocycles. The second-order valence-electron chi connectivity index (χ2n) is 8.06. The van der Waals surface area contributed by atoms with Crippen molar-refractivity contribution >= 4 is 29.4 Å². The van der Waals surface area contributed by atoms with Gasteiger partial charge in [-0.3, -0.25) is 9.69 Å². The van der Waals surface area contributed by atoms with Crippen LogP contribution in [0.2, 0.25) is 5.02 Å². The number of fused-ring (bicyclic) bond motifs is 4. The molecule has 2 aliphatic heterocycles. The van der Waals surface area contributed by atoms with Gasteiger partial charge in [-0.2, -0.15) is 0 Å². The Morgan fingerprint density at radius 1 is 1.10 bits per heavy atom. The van der Waals surface area contributed by atoms with Crippen LogP contribution in [-0.4, -0.2) is 46.5 Å². The highest BCUT2D eigenvalue weighted by Gasteiger charge is 2.39. The molecule has 2 atom stereocenters. The topological polar surface area (TPSA) is 93.1 Å². The summed E-state index contributed by atoms with van der Waals surface area (Å²) >= 11 is 6.07. The summed E-state index contributed by atoms with van der Waals surface area (Å²) in [5.41, 5.74) is 4.28. The lowest BCUT2D eigenvalue weighted by Gasteiger charge is -2.28. The van der Waals surface area contributed by atoms with Crippen LogP contribution >= 0.6 is 11.6 Å². The van der Waals surface area contributed by atoms with Crippen molar-refractivity contribution in [1.29, 1.82) is 0 Å². The van der Waals surface area contributed by atoms with Crippen LogP contribution in [0.15, 0.2) is 30.3 Å². The van der Waals surface area contributed by atoms with Gasteiger partial charge in [0, 0.05) is 22.7 Å². The molecule has 1 saturated heterocycles. The van der Waals surface area contributed by atoms with Crippen molar-refractivity contribution in [1.82, 2.24) is 4.90 Å². The molecule has 160 valence electrons. The van der Waals surface area contributed by atoms with E-state index in [0.717, 1.165) is 27.2 Å². The van der Waals surface area contributed by atoms with Crippen LogP contribution in [0.3, 0.4) is 0 Å². The number of esters is 1. The van der Waals surface area contributed by atoms with Gasteiger partial charge in [-0.05, 0) is 72.7 Å². The summed E-state index contributed by atoms with van der Waals surface area (Å²) in [5.74, 6) is -0.179. The van der Waals surface area contributed by atoms with Crippen LogP contribution in [-0.2, 0) is 22.6 Å². The zero-order valence-corrected chi connectivity index (χ0v) is 17.4.